The molecule has 0 saturated heterocycles. The van der Waals surface area contributed by atoms with Gasteiger partial charge in [0, 0.05) is 22.0 Å². The van der Waals surface area contributed by atoms with Crippen molar-refractivity contribution in [1.29, 1.82) is 0 Å². The van der Waals surface area contributed by atoms with Gasteiger partial charge in [-0.25, -0.2) is 0 Å². The lowest BCUT2D eigenvalue weighted by Gasteiger charge is -2.35. The van der Waals surface area contributed by atoms with Gasteiger partial charge in [0.2, 0.25) is 0 Å². The number of hydrogen-bond donors (Lipinski definition) is 3. The predicted molar refractivity (Wildman–Crippen MR) is 145 cm³/mol. The molecular formula is C31H41NO4. The molecule has 36 heavy (non-hydrogen) atoms. The van der Waals surface area contributed by atoms with Crippen molar-refractivity contribution in [3.8, 4) is 11.8 Å². The number of aliphatic carboxylic acids is 1. The van der Waals surface area contributed by atoms with E-state index >= 15 is 0 Å². The van der Waals surface area contributed by atoms with Gasteiger partial charge in [0.05, 0.1) is 0 Å². The lowest BCUT2D eigenvalue weighted by Crippen LogP contribution is -2.40. The number of nitrogens with one attached hydrogen (secondary N) is 1. The normalized spacial score (nSPS) is 13.4. The van der Waals surface area contributed by atoms with E-state index in [0.29, 0.717) is 12.0 Å². The van der Waals surface area contributed by atoms with Crippen molar-refractivity contribution in [2.45, 2.75) is 85.7 Å². The number of hydrogen-bond acceptors (Lipinski definition) is 3. The molecule has 0 radical (unpaired) electrons. The van der Waals surface area contributed by atoms with Crippen molar-refractivity contribution in [3.05, 3.63) is 69.8 Å². The smallest absolute Gasteiger partial charge is 0.322 e. The van der Waals surface area contributed by atoms with E-state index in [1.807, 2.05) is 59.7 Å². The van der Waals surface area contributed by atoms with E-state index in [4.69, 9.17) is 5.11 Å². The Labute approximate surface area is 216 Å². The van der Waals surface area contributed by atoms with E-state index in [1.165, 1.54) is 5.56 Å². The number of rotatable bonds is 8. The molecule has 5 nitrogen and oxygen atoms in total. The summed E-state index contributed by atoms with van der Waals surface area (Å²) in [6.45, 7) is 15.8. The Hall–Kier alpha value is -3.10. The first-order valence-electron chi connectivity index (χ1n) is 12.7. The van der Waals surface area contributed by atoms with Crippen molar-refractivity contribution in [3.63, 3.8) is 0 Å². The fourth-order valence-corrected chi connectivity index (χ4v) is 4.78. The van der Waals surface area contributed by atoms with E-state index in [-0.39, 0.29) is 16.7 Å². The van der Waals surface area contributed by atoms with Crippen LogP contribution >= 0.6 is 0 Å². The van der Waals surface area contributed by atoms with E-state index < -0.39 is 18.1 Å². The fourth-order valence-electron chi connectivity index (χ4n) is 4.78. The largest absolute Gasteiger partial charge is 0.480 e. The molecule has 0 aromatic heterocycles. The molecule has 0 saturated carbocycles. The van der Waals surface area contributed by atoms with E-state index in [1.54, 1.807) is 6.07 Å². The third-order valence-corrected chi connectivity index (χ3v) is 7.57. The Kier molecular flexibility index (Phi) is 9.15. The molecule has 194 valence electrons. The van der Waals surface area contributed by atoms with Gasteiger partial charge in [0.1, 0.15) is 12.1 Å². The van der Waals surface area contributed by atoms with Gasteiger partial charge in [0.15, 0.2) is 0 Å². The second kappa shape index (κ2) is 11.3. The summed E-state index contributed by atoms with van der Waals surface area (Å²) >= 11 is 0. The predicted octanol–water partition coefficient (Wildman–Crippen LogP) is 5.76. The van der Waals surface area contributed by atoms with E-state index in [9.17, 15) is 14.7 Å². The first-order chi connectivity index (χ1) is 16.7. The van der Waals surface area contributed by atoms with Gasteiger partial charge in [0.25, 0.3) is 5.91 Å². The van der Waals surface area contributed by atoms with Crippen LogP contribution in [0.15, 0.2) is 36.4 Å². The molecule has 3 N–H and O–H groups in total. The zero-order valence-electron chi connectivity index (χ0n) is 23.0. The molecular weight excluding hydrogens is 450 g/mol. The molecule has 0 heterocycles. The molecule has 0 aliphatic rings. The lowest BCUT2D eigenvalue weighted by atomic mass is 9.69. The Morgan fingerprint density at radius 1 is 0.889 bits per heavy atom. The maximum Gasteiger partial charge on any atom is 0.322 e. The third-order valence-electron chi connectivity index (χ3n) is 7.57. The number of carboxylic acid groups (broad SMARTS) is 1. The lowest BCUT2D eigenvalue weighted by molar-refractivity contribution is -0.135. The monoisotopic (exact) mass is 491 g/mol. The van der Waals surface area contributed by atoms with E-state index in [0.717, 1.165) is 35.1 Å². The molecule has 0 spiro atoms. The molecule has 0 aliphatic carbocycles. The number of carboxylic acids is 1. The van der Waals surface area contributed by atoms with Crippen LogP contribution in [0.2, 0.25) is 0 Å². The fraction of sp³-hybridized carbons (Fsp3) is 0.484. The highest BCUT2D eigenvalue weighted by molar-refractivity contribution is 5.97. The van der Waals surface area contributed by atoms with Crippen LogP contribution in [0.1, 0.15) is 99.0 Å². The average Bonchev–Trinajstić information content (AvgIpc) is 2.82. The Morgan fingerprint density at radius 2 is 1.44 bits per heavy atom. The summed E-state index contributed by atoms with van der Waals surface area (Å²) in [6, 6.07) is 12.1. The van der Waals surface area contributed by atoms with Gasteiger partial charge in [-0.2, -0.15) is 0 Å². The molecule has 0 bridgehead atoms. The molecule has 1 amide bonds. The number of aliphatic hydroxyl groups is 1. The van der Waals surface area contributed by atoms with Crippen LogP contribution < -0.4 is 5.32 Å². The van der Waals surface area contributed by atoms with Crippen LogP contribution in [0, 0.1) is 31.1 Å². The molecule has 2 aromatic rings. The van der Waals surface area contributed by atoms with Crippen molar-refractivity contribution in [2.24, 2.45) is 5.41 Å². The zero-order chi connectivity index (χ0) is 27.3. The number of carbonyl (C=O) groups excluding carboxylic acids is 1. The van der Waals surface area contributed by atoms with Crippen LogP contribution in [0.5, 0.6) is 0 Å². The minimum absolute atomic E-state index is 0.243. The number of carbonyl (C=O) groups is 2. The number of amides is 1. The third kappa shape index (κ3) is 5.99. The topological polar surface area (TPSA) is 86.6 Å². The summed E-state index contributed by atoms with van der Waals surface area (Å²) < 4.78 is 0. The first kappa shape index (κ1) is 29.1. The van der Waals surface area contributed by atoms with Gasteiger partial charge in [-0.1, -0.05) is 77.6 Å². The summed E-state index contributed by atoms with van der Waals surface area (Å²) in [4.78, 5) is 23.2. The van der Waals surface area contributed by atoms with Gasteiger partial charge in [-0.15, -0.1) is 0 Å². The highest BCUT2D eigenvalue weighted by atomic mass is 16.4. The zero-order valence-corrected chi connectivity index (χ0v) is 23.0. The maximum absolute atomic E-state index is 12.4. The summed E-state index contributed by atoms with van der Waals surface area (Å²) in [5, 5.41) is 22.3. The van der Waals surface area contributed by atoms with Crippen molar-refractivity contribution in [2.75, 3.05) is 6.54 Å². The summed E-state index contributed by atoms with van der Waals surface area (Å²) in [7, 11) is 0. The van der Waals surface area contributed by atoms with E-state index in [2.05, 4.69) is 43.1 Å². The average molecular weight is 492 g/mol. The van der Waals surface area contributed by atoms with Crippen LogP contribution in [-0.2, 0) is 10.2 Å². The second-order valence-corrected chi connectivity index (χ2v) is 10.6. The maximum atomic E-state index is 12.4. The highest BCUT2D eigenvalue weighted by Gasteiger charge is 2.37. The van der Waals surface area contributed by atoms with Gasteiger partial charge in [-0.05, 0) is 67.5 Å². The van der Waals surface area contributed by atoms with Crippen LogP contribution in [0.3, 0.4) is 0 Å². The van der Waals surface area contributed by atoms with Crippen molar-refractivity contribution >= 4 is 11.9 Å². The molecule has 2 rings (SSSR count). The number of benzene rings is 2. The van der Waals surface area contributed by atoms with Gasteiger partial charge >= 0.3 is 5.97 Å². The van der Waals surface area contributed by atoms with Crippen molar-refractivity contribution in [1.82, 2.24) is 5.32 Å². The van der Waals surface area contributed by atoms with Crippen LogP contribution in [0.4, 0.5) is 0 Å². The molecule has 1 unspecified atom stereocenters. The number of aryl methyl sites for hydroxylation is 2. The summed E-state index contributed by atoms with van der Waals surface area (Å²) in [5.41, 5.74) is 3.88. The van der Waals surface area contributed by atoms with Crippen LogP contribution in [0.25, 0.3) is 0 Å². The quantitative estimate of drug-likeness (QED) is 0.410. The van der Waals surface area contributed by atoms with Crippen LogP contribution in [-0.4, -0.2) is 34.2 Å². The first-order valence-corrected chi connectivity index (χ1v) is 12.7. The molecule has 0 fully saturated rings. The Bertz CT molecular complexity index is 1180. The Balaban J connectivity index is 2.48. The molecule has 2 aromatic carbocycles. The van der Waals surface area contributed by atoms with Gasteiger partial charge < -0.3 is 15.5 Å². The second-order valence-electron chi connectivity index (χ2n) is 10.6. The van der Waals surface area contributed by atoms with Crippen molar-refractivity contribution < 1.29 is 19.8 Å². The minimum atomic E-state index is -1.07. The molecule has 5 heteroatoms. The summed E-state index contributed by atoms with van der Waals surface area (Å²) in [5.74, 6) is 4.90. The summed E-state index contributed by atoms with van der Waals surface area (Å²) in [6.07, 6.45) is 2.30. The minimum Gasteiger partial charge on any atom is -0.480 e. The standard InChI is InChI=1S/C31H41NO4/c1-9-30(10-2,25-14-15-26(22(5)19-25)28(35)32-20-27(33)34)24-13-12-23(21(4)18-24)16-17-31(36,11-3)29(6,7)8/h12-15,18-19,36H,9-11,20H2,1-8H3,(H,32,35)(H,33,34). The molecule has 1 atom stereocenters. The highest BCUT2D eigenvalue weighted by Crippen LogP contribution is 2.40. The van der Waals surface area contributed by atoms with Gasteiger partial charge in [-0.3, -0.25) is 9.59 Å². The molecule has 0 aliphatic heterocycles. The SMILES string of the molecule is CCC(CC)(c1ccc(C#CC(O)(CC)C(C)(C)C)c(C)c1)c1ccc(C(=O)NCC(=O)O)c(C)c1. The Morgan fingerprint density at radius 3 is 1.89 bits per heavy atom.